The van der Waals surface area contributed by atoms with E-state index in [1.165, 1.54) is 0 Å². The van der Waals surface area contributed by atoms with Crippen molar-refractivity contribution in [2.45, 2.75) is 13.1 Å². The molecule has 0 spiro atoms. The van der Waals surface area contributed by atoms with E-state index in [0.29, 0.717) is 18.7 Å². The zero-order chi connectivity index (χ0) is 22.5. The number of fused-ring (bicyclic) bond motifs is 1. The van der Waals surface area contributed by atoms with Gasteiger partial charge in [0, 0.05) is 48.8 Å². The van der Waals surface area contributed by atoms with E-state index in [2.05, 4.69) is 9.97 Å². The lowest BCUT2D eigenvalue weighted by Gasteiger charge is -2.24. The number of pyridine rings is 3. The second-order valence-electron chi connectivity index (χ2n) is 7.82. The predicted octanol–water partition coefficient (Wildman–Crippen LogP) is 5.53. The minimum Gasteiger partial charge on any atom is -0.330 e. The third kappa shape index (κ3) is 4.62. The molecule has 2 aromatic carbocycles. The molecule has 0 saturated carbocycles. The average Bonchev–Trinajstić information content (AvgIpc) is 2.89. The maximum atomic E-state index is 14.0. The Labute approximate surface area is 192 Å². The molecule has 1 amide bonds. The summed E-state index contributed by atoms with van der Waals surface area (Å²) in [6.07, 6.45) is 7.03. The maximum Gasteiger partial charge on any atom is 0.255 e. The molecule has 5 aromatic rings. The normalized spacial score (nSPS) is 10.8. The molecule has 0 N–H and O–H groups in total. The van der Waals surface area contributed by atoms with Crippen LogP contribution in [0, 0.1) is 0 Å². The summed E-state index contributed by atoms with van der Waals surface area (Å²) in [5.41, 5.74) is 5.18. The van der Waals surface area contributed by atoms with Gasteiger partial charge in [0.1, 0.15) is 0 Å². The van der Waals surface area contributed by atoms with Gasteiger partial charge in [-0.3, -0.25) is 14.8 Å². The minimum absolute atomic E-state index is 0.0496. The number of hydrogen-bond acceptors (Lipinski definition) is 4. The lowest BCUT2D eigenvalue weighted by Crippen LogP contribution is -2.30. The molecule has 0 atom stereocenters. The highest BCUT2D eigenvalue weighted by Crippen LogP contribution is 2.26. The van der Waals surface area contributed by atoms with E-state index < -0.39 is 0 Å². The number of rotatable bonds is 6. The largest absolute Gasteiger partial charge is 0.330 e. The van der Waals surface area contributed by atoms with E-state index in [4.69, 9.17) is 4.98 Å². The molecule has 3 heterocycles. The molecular formula is C28H22N4O. The van der Waals surface area contributed by atoms with Gasteiger partial charge in [0.25, 0.3) is 5.91 Å². The summed E-state index contributed by atoms with van der Waals surface area (Å²) in [6.45, 7) is 0.917. The molecule has 5 heteroatoms. The van der Waals surface area contributed by atoms with Gasteiger partial charge < -0.3 is 4.90 Å². The maximum absolute atomic E-state index is 14.0. The van der Waals surface area contributed by atoms with Crippen molar-refractivity contribution in [3.8, 4) is 11.3 Å². The second kappa shape index (κ2) is 9.40. The molecule has 5 nitrogen and oxygen atoms in total. The van der Waals surface area contributed by atoms with Crippen molar-refractivity contribution in [1.29, 1.82) is 0 Å². The van der Waals surface area contributed by atoms with Crippen LogP contribution in [0.4, 0.5) is 0 Å². The fourth-order valence-electron chi connectivity index (χ4n) is 3.90. The molecule has 0 saturated heterocycles. The van der Waals surface area contributed by atoms with Crippen LogP contribution in [0.15, 0.2) is 110 Å². The van der Waals surface area contributed by atoms with Crippen LogP contribution in [0.25, 0.3) is 22.2 Å². The van der Waals surface area contributed by atoms with Crippen LogP contribution in [0.2, 0.25) is 0 Å². The Bertz CT molecular complexity index is 1330. The topological polar surface area (TPSA) is 59.0 Å². The van der Waals surface area contributed by atoms with Crippen molar-refractivity contribution in [3.63, 3.8) is 0 Å². The minimum atomic E-state index is -0.0496. The fourth-order valence-corrected chi connectivity index (χ4v) is 3.90. The molecule has 0 aliphatic rings. The van der Waals surface area contributed by atoms with Crippen LogP contribution in [0.1, 0.15) is 21.5 Å². The number of benzene rings is 2. The summed E-state index contributed by atoms with van der Waals surface area (Å²) in [4.78, 5) is 29.0. The smallest absolute Gasteiger partial charge is 0.255 e. The Morgan fingerprint density at radius 3 is 2.27 bits per heavy atom. The number of para-hydroxylation sites is 1. The number of aromatic nitrogens is 3. The SMILES string of the molecule is O=C(c1cc(-c2ccccc2)nc2ccccc12)N(Cc1ccncc1)Cc1cccnc1. The van der Waals surface area contributed by atoms with Crippen molar-refractivity contribution in [2.24, 2.45) is 0 Å². The van der Waals surface area contributed by atoms with Gasteiger partial charge in [0.15, 0.2) is 0 Å². The van der Waals surface area contributed by atoms with Crippen molar-refractivity contribution < 1.29 is 4.79 Å². The van der Waals surface area contributed by atoms with Gasteiger partial charge in [-0.1, -0.05) is 54.6 Å². The molecule has 0 aliphatic carbocycles. The van der Waals surface area contributed by atoms with Gasteiger partial charge in [-0.05, 0) is 41.5 Å². The van der Waals surface area contributed by atoms with Crippen molar-refractivity contribution in [2.75, 3.05) is 0 Å². The van der Waals surface area contributed by atoms with Crippen LogP contribution in [0.5, 0.6) is 0 Å². The van der Waals surface area contributed by atoms with Gasteiger partial charge in [-0.15, -0.1) is 0 Å². The Hall–Kier alpha value is -4.38. The lowest BCUT2D eigenvalue weighted by molar-refractivity contribution is 0.0732. The second-order valence-corrected chi connectivity index (χ2v) is 7.82. The van der Waals surface area contributed by atoms with Gasteiger partial charge >= 0.3 is 0 Å². The van der Waals surface area contributed by atoms with Gasteiger partial charge in [-0.25, -0.2) is 4.98 Å². The first kappa shape index (κ1) is 20.5. The van der Waals surface area contributed by atoms with E-state index in [-0.39, 0.29) is 5.91 Å². The third-order valence-electron chi connectivity index (χ3n) is 5.52. The molecule has 0 aliphatic heterocycles. The van der Waals surface area contributed by atoms with E-state index in [1.807, 2.05) is 89.8 Å². The van der Waals surface area contributed by atoms with Gasteiger partial charge in [-0.2, -0.15) is 0 Å². The van der Waals surface area contributed by atoms with E-state index >= 15 is 0 Å². The summed E-state index contributed by atoms with van der Waals surface area (Å²) in [7, 11) is 0. The highest BCUT2D eigenvalue weighted by atomic mass is 16.2. The van der Waals surface area contributed by atoms with Crippen LogP contribution in [-0.4, -0.2) is 25.8 Å². The summed E-state index contributed by atoms with van der Waals surface area (Å²) in [6, 6.07) is 27.4. The molecule has 160 valence electrons. The first-order chi connectivity index (χ1) is 16.3. The Morgan fingerprint density at radius 2 is 1.48 bits per heavy atom. The highest BCUT2D eigenvalue weighted by Gasteiger charge is 2.21. The summed E-state index contributed by atoms with van der Waals surface area (Å²) in [5.74, 6) is -0.0496. The molecule has 5 rings (SSSR count). The predicted molar refractivity (Wildman–Crippen MR) is 129 cm³/mol. The van der Waals surface area contributed by atoms with E-state index in [1.54, 1.807) is 24.8 Å². The molecule has 0 radical (unpaired) electrons. The molecular weight excluding hydrogens is 408 g/mol. The third-order valence-corrected chi connectivity index (χ3v) is 5.52. The number of carbonyl (C=O) groups excluding carboxylic acids is 1. The first-order valence-corrected chi connectivity index (χ1v) is 10.8. The van der Waals surface area contributed by atoms with Crippen LogP contribution in [-0.2, 0) is 13.1 Å². The zero-order valence-corrected chi connectivity index (χ0v) is 18.0. The summed E-state index contributed by atoms with van der Waals surface area (Å²) >= 11 is 0. The molecule has 3 aromatic heterocycles. The van der Waals surface area contributed by atoms with E-state index in [0.717, 1.165) is 33.3 Å². The number of carbonyl (C=O) groups is 1. The monoisotopic (exact) mass is 430 g/mol. The number of amides is 1. The number of nitrogens with zero attached hydrogens (tertiary/aromatic N) is 4. The Kier molecular flexibility index (Phi) is 5.85. The quantitative estimate of drug-likeness (QED) is 0.355. The average molecular weight is 431 g/mol. The van der Waals surface area contributed by atoms with Gasteiger partial charge in [0.05, 0.1) is 16.8 Å². The van der Waals surface area contributed by atoms with Crippen LogP contribution < -0.4 is 0 Å². The van der Waals surface area contributed by atoms with Crippen molar-refractivity contribution in [1.82, 2.24) is 19.9 Å². The molecule has 33 heavy (non-hydrogen) atoms. The van der Waals surface area contributed by atoms with Crippen molar-refractivity contribution >= 4 is 16.8 Å². The fraction of sp³-hybridized carbons (Fsp3) is 0.0714. The van der Waals surface area contributed by atoms with Crippen molar-refractivity contribution in [3.05, 3.63) is 126 Å². The first-order valence-electron chi connectivity index (χ1n) is 10.8. The zero-order valence-electron chi connectivity index (χ0n) is 18.0. The highest BCUT2D eigenvalue weighted by molar-refractivity contribution is 6.07. The summed E-state index contributed by atoms with van der Waals surface area (Å²) in [5, 5.41) is 0.841. The Morgan fingerprint density at radius 1 is 0.727 bits per heavy atom. The van der Waals surface area contributed by atoms with Gasteiger partial charge in [0.2, 0.25) is 0 Å². The molecule has 0 fully saturated rings. The standard InChI is InChI=1S/C28H22N4O/c33-28(32(19-21-12-15-29-16-13-21)20-22-7-6-14-30-18-22)25-17-27(23-8-2-1-3-9-23)31-26-11-5-4-10-24(25)26/h1-18H,19-20H2. The summed E-state index contributed by atoms with van der Waals surface area (Å²) < 4.78 is 0. The molecule has 0 unspecified atom stereocenters. The lowest BCUT2D eigenvalue weighted by atomic mass is 10.0. The van der Waals surface area contributed by atoms with Crippen LogP contribution >= 0.6 is 0 Å². The molecule has 0 bridgehead atoms. The van der Waals surface area contributed by atoms with Crippen LogP contribution in [0.3, 0.4) is 0 Å². The Balaban J connectivity index is 1.60. The number of hydrogen-bond donors (Lipinski definition) is 0. The van der Waals surface area contributed by atoms with E-state index in [9.17, 15) is 4.79 Å².